The summed E-state index contributed by atoms with van der Waals surface area (Å²) >= 11 is 0. The quantitative estimate of drug-likeness (QED) is 0.0222. The van der Waals surface area contributed by atoms with Gasteiger partial charge < -0.3 is 33.8 Å². The van der Waals surface area contributed by atoms with Gasteiger partial charge in [0.1, 0.15) is 19.3 Å². The second kappa shape index (κ2) is 66.3. The number of carbonyl (C=O) groups is 4. The first-order valence-electron chi connectivity index (χ1n) is 39.7. The van der Waals surface area contributed by atoms with Crippen LogP contribution < -0.4 is 0 Å². The Morgan fingerprint density at radius 3 is 0.740 bits per heavy atom. The van der Waals surface area contributed by atoms with Crippen LogP contribution in [-0.4, -0.2) is 96.7 Å². The predicted octanol–water partition coefficient (Wildman–Crippen LogP) is 22.4. The molecule has 0 saturated carbocycles. The third-order valence-electron chi connectivity index (χ3n) is 18.2. The van der Waals surface area contributed by atoms with Crippen LogP contribution in [-0.2, 0) is 65.4 Å². The van der Waals surface area contributed by atoms with Crippen LogP contribution in [0.25, 0.3) is 0 Å². The Morgan fingerprint density at radius 2 is 0.500 bits per heavy atom. The van der Waals surface area contributed by atoms with Crippen LogP contribution >= 0.6 is 15.6 Å². The van der Waals surface area contributed by atoms with Gasteiger partial charge in [0.15, 0.2) is 12.2 Å². The first-order chi connectivity index (χ1) is 46.1. The highest BCUT2D eigenvalue weighted by atomic mass is 31.2. The molecule has 0 radical (unpaired) electrons. The molecule has 0 aliphatic carbocycles. The number of rotatable bonds is 74. The molecule has 0 rings (SSSR count). The summed E-state index contributed by atoms with van der Waals surface area (Å²) < 4.78 is 68.6. The van der Waals surface area contributed by atoms with Crippen molar-refractivity contribution in [3.05, 3.63) is 0 Å². The number of aliphatic hydroxyl groups excluding tert-OH is 1. The smallest absolute Gasteiger partial charge is 0.462 e. The molecule has 17 nitrogen and oxygen atoms in total. The standard InChI is InChI=1S/C77H150O17P2/c1-9-70(8)56-48-40-32-23-18-20-24-33-41-49-57-74(79)87-63-72(93-76(81)59-51-43-35-25-16-14-12-10-11-13-15-21-29-37-45-53-67(2)3)65-91-95(83,84)89-61-71(78)62-90-96(85,86)92-66-73(64-88-75(80)58-50-42-34-28-27-31-39-47-55-69(6)7)94-77(82)60-52-44-36-26-19-17-22-30-38-46-54-68(4)5/h67-73,78H,9-66H2,1-8H3,(H,83,84)(H,85,86)/t70?,71?,72-,73-/m1/s1. The molecule has 570 valence electrons. The lowest BCUT2D eigenvalue weighted by Crippen LogP contribution is -2.30. The lowest BCUT2D eigenvalue weighted by molar-refractivity contribution is -0.161. The summed E-state index contributed by atoms with van der Waals surface area (Å²) in [7, 11) is -9.92. The molecule has 19 heteroatoms. The first kappa shape index (κ1) is 94.1. The fourth-order valence-electron chi connectivity index (χ4n) is 11.7. The summed E-state index contributed by atoms with van der Waals surface area (Å²) in [5.41, 5.74) is 0. The Hall–Kier alpha value is -1.94. The summed E-state index contributed by atoms with van der Waals surface area (Å²) in [6.07, 6.45) is 51.3. The SMILES string of the molecule is CCC(C)CCCCCCCCCCCCC(=O)OC[C@H](COP(=O)(O)OCC(O)COP(=O)(O)OC[C@@H](COC(=O)CCCCCCCCCCC(C)C)OC(=O)CCCCCCCCCCCCC(C)C)OC(=O)CCCCCCCCCCCCCCCCCC(C)C. The van der Waals surface area contributed by atoms with Crippen LogP contribution in [0.2, 0.25) is 0 Å². The molecule has 0 aromatic carbocycles. The number of unbranched alkanes of at least 4 members (excludes halogenated alkanes) is 39. The highest BCUT2D eigenvalue weighted by Crippen LogP contribution is 2.45. The normalized spacial score (nSPS) is 14.4. The molecule has 0 fully saturated rings. The van der Waals surface area contributed by atoms with Crippen molar-refractivity contribution >= 4 is 39.5 Å². The number of esters is 4. The monoisotopic (exact) mass is 1410 g/mol. The molecule has 0 aliphatic heterocycles. The summed E-state index contributed by atoms with van der Waals surface area (Å²) in [6.45, 7) is 14.2. The Balaban J connectivity index is 5.26. The zero-order valence-corrected chi connectivity index (χ0v) is 64.8. The number of phosphoric ester groups is 2. The molecule has 96 heavy (non-hydrogen) atoms. The topological polar surface area (TPSA) is 237 Å². The van der Waals surface area contributed by atoms with Crippen molar-refractivity contribution in [2.24, 2.45) is 23.7 Å². The van der Waals surface area contributed by atoms with Crippen molar-refractivity contribution < 1.29 is 80.2 Å². The summed E-state index contributed by atoms with van der Waals surface area (Å²) in [5.74, 6) is 0.971. The van der Waals surface area contributed by atoms with Crippen LogP contribution in [0.3, 0.4) is 0 Å². The van der Waals surface area contributed by atoms with E-state index in [1.807, 2.05) is 0 Å². The molecule has 0 aromatic heterocycles. The van der Waals surface area contributed by atoms with Crippen molar-refractivity contribution in [3.8, 4) is 0 Å². The minimum Gasteiger partial charge on any atom is -0.462 e. The number of hydrogen-bond donors (Lipinski definition) is 3. The number of aliphatic hydroxyl groups is 1. The van der Waals surface area contributed by atoms with Gasteiger partial charge in [0.2, 0.25) is 0 Å². The number of carbonyl (C=O) groups excluding carboxylic acids is 4. The van der Waals surface area contributed by atoms with Crippen molar-refractivity contribution in [3.63, 3.8) is 0 Å². The third kappa shape index (κ3) is 69.2. The minimum atomic E-state index is -4.96. The van der Waals surface area contributed by atoms with E-state index in [1.54, 1.807) is 0 Å². The molecule has 0 aromatic rings. The van der Waals surface area contributed by atoms with Gasteiger partial charge in [-0.3, -0.25) is 37.3 Å². The molecule has 0 spiro atoms. The van der Waals surface area contributed by atoms with Crippen LogP contribution in [0.5, 0.6) is 0 Å². The van der Waals surface area contributed by atoms with E-state index in [9.17, 15) is 43.2 Å². The fourth-order valence-corrected chi connectivity index (χ4v) is 13.3. The zero-order valence-electron chi connectivity index (χ0n) is 63.0. The maximum Gasteiger partial charge on any atom is 0.472 e. The Morgan fingerprint density at radius 1 is 0.292 bits per heavy atom. The minimum absolute atomic E-state index is 0.105. The average molecular weight is 1410 g/mol. The highest BCUT2D eigenvalue weighted by molar-refractivity contribution is 7.47. The van der Waals surface area contributed by atoms with Crippen LogP contribution in [0.1, 0.15) is 389 Å². The second-order valence-corrected chi connectivity index (χ2v) is 32.3. The zero-order chi connectivity index (χ0) is 71.0. The summed E-state index contributed by atoms with van der Waals surface area (Å²) in [4.78, 5) is 72.9. The molecule has 0 aliphatic rings. The Labute approximate surface area is 588 Å². The van der Waals surface area contributed by atoms with E-state index in [0.717, 1.165) is 114 Å². The number of ether oxygens (including phenoxy) is 4. The number of hydrogen-bond acceptors (Lipinski definition) is 15. The second-order valence-electron chi connectivity index (χ2n) is 29.4. The number of phosphoric acid groups is 2. The Kier molecular flexibility index (Phi) is 65.0. The van der Waals surface area contributed by atoms with Crippen molar-refractivity contribution in [2.45, 2.75) is 408 Å². The molecule has 0 saturated heterocycles. The van der Waals surface area contributed by atoms with Crippen LogP contribution in [0.15, 0.2) is 0 Å². The van der Waals surface area contributed by atoms with Gasteiger partial charge in [0, 0.05) is 25.7 Å². The van der Waals surface area contributed by atoms with E-state index >= 15 is 0 Å². The molecule has 4 unspecified atom stereocenters. The molecule has 6 atom stereocenters. The lowest BCUT2D eigenvalue weighted by Gasteiger charge is -2.21. The van der Waals surface area contributed by atoms with Crippen LogP contribution in [0, 0.1) is 23.7 Å². The van der Waals surface area contributed by atoms with E-state index in [1.165, 1.54) is 193 Å². The maximum absolute atomic E-state index is 13.1. The van der Waals surface area contributed by atoms with E-state index in [2.05, 4.69) is 55.4 Å². The van der Waals surface area contributed by atoms with E-state index in [-0.39, 0.29) is 25.7 Å². The summed E-state index contributed by atoms with van der Waals surface area (Å²) in [5, 5.41) is 10.6. The molecular formula is C77H150O17P2. The van der Waals surface area contributed by atoms with Gasteiger partial charge >= 0.3 is 39.5 Å². The van der Waals surface area contributed by atoms with Gasteiger partial charge in [-0.05, 0) is 49.4 Å². The van der Waals surface area contributed by atoms with E-state index in [0.29, 0.717) is 25.7 Å². The molecular weight excluding hydrogens is 1260 g/mol. The van der Waals surface area contributed by atoms with Gasteiger partial charge in [-0.2, -0.15) is 0 Å². The Bertz CT molecular complexity index is 1890. The molecule has 0 bridgehead atoms. The third-order valence-corrected chi connectivity index (χ3v) is 20.1. The highest BCUT2D eigenvalue weighted by Gasteiger charge is 2.30. The van der Waals surface area contributed by atoms with Crippen molar-refractivity contribution in [2.75, 3.05) is 39.6 Å². The molecule has 0 amide bonds. The summed E-state index contributed by atoms with van der Waals surface area (Å²) in [6, 6.07) is 0. The first-order valence-corrected chi connectivity index (χ1v) is 42.7. The van der Waals surface area contributed by atoms with Gasteiger partial charge in [-0.25, -0.2) is 9.13 Å². The van der Waals surface area contributed by atoms with Gasteiger partial charge in [0.05, 0.1) is 26.4 Å². The average Bonchev–Trinajstić information content (AvgIpc) is 1.07. The van der Waals surface area contributed by atoms with E-state index < -0.39 is 97.5 Å². The van der Waals surface area contributed by atoms with Crippen molar-refractivity contribution in [1.82, 2.24) is 0 Å². The largest absolute Gasteiger partial charge is 0.472 e. The fraction of sp³-hybridized carbons (Fsp3) is 0.948. The maximum atomic E-state index is 13.1. The van der Waals surface area contributed by atoms with Gasteiger partial charge in [-0.1, -0.05) is 338 Å². The van der Waals surface area contributed by atoms with E-state index in [4.69, 9.17) is 37.0 Å². The van der Waals surface area contributed by atoms with Gasteiger partial charge in [-0.15, -0.1) is 0 Å². The lowest BCUT2D eigenvalue weighted by atomic mass is 9.99. The molecule has 3 N–H and O–H groups in total. The predicted molar refractivity (Wildman–Crippen MR) is 391 cm³/mol. The van der Waals surface area contributed by atoms with Gasteiger partial charge in [0.25, 0.3) is 0 Å². The molecule has 0 heterocycles. The van der Waals surface area contributed by atoms with Crippen molar-refractivity contribution in [1.29, 1.82) is 0 Å². The van der Waals surface area contributed by atoms with Crippen LogP contribution in [0.4, 0.5) is 0 Å².